The van der Waals surface area contributed by atoms with E-state index >= 15 is 0 Å². The van der Waals surface area contributed by atoms with E-state index in [4.69, 9.17) is 5.11 Å². The number of urea groups is 1. The Hall–Kier alpha value is -3.13. The summed E-state index contributed by atoms with van der Waals surface area (Å²) in [5.74, 6) is -2.52. The molecule has 0 aliphatic rings. The van der Waals surface area contributed by atoms with Gasteiger partial charge in [0.25, 0.3) is 0 Å². The normalized spacial score (nSPS) is 13.1. The van der Waals surface area contributed by atoms with Crippen molar-refractivity contribution in [1.82, 2.24) is 10.2 Å². The number of aliphatic carboxylic acids is 2. The van der Waals surface area contributed by atoms with Crippen LogP contribution in [0.15, 0.2) is 42.5 Å². The summed E-state index contributed by atoms with van der Waals surface area (Å²) in [7, 11) is 0. The minimum Gasteiger partial charge on any atom is -0.481 e. The largest absolute Gasteiger partial charge is 0.481 e. The monoisotopic (exact) mass is 388 g/mol. The Bertz CT molecular complexity index is 861. The van der Waals surface area contributed by atoms with E-state index in [0.29, 0.717) is 5.56 Å². The molecule has 8 heteroatoms. The fraction of sp³-hybridized carbons (Fsp3) is 0.350. The first kappa shape index (κ1) is 21.2. The Labute approximate surface area is 162 Å². The van der Waals surface area contributed by atoms with E-state index in [1.54, 1.807) is 26.0 Å². The zero-order valence-electron chi connectivity index (χ0n) is 15.7. The third-order valence-electron chi connectivity index (χ3n) is 4.41. The summed E-state index contributed by atoms with van der Waals surface area (Å²) in [5.41, 5.74) is 0.649. The van der Waals surface area contributed by atoms with Crippen molar-refractivity contribution < 1.29 is 29.7 Å². The van der Waals surface area contributed by atoms with Gasteiger partial charge in [0.05, 0.1) is 19.0 Å². The van der Waals surface area contributed by atoms with Crippen LogP contribution in [0, 0.1) is 0 Å². The van der Waals surface area contributed by atoms with Crippen molar-refractivity contribution in [1.29, 1.82) is 0 Å². The van der Waals surface area contributed by atoms with Gasteiger partial charge in [-0.15, -0.1) is 0 Å². The Balaban J connectivity index is 2.33. The van der Waals surface area contributed by atoms with E-state index in [2.05, 4.69) is 5.32 Å². The number of rotatable bonds is 8. The van der Waals surface area contributed by atoms with Gasteiger partial charge in [-0.2, -0.15) is 0 Å². The molecule has 8 nitrogen and oxygen atoms in total. The van der Waals surface area contributed by atoms with E-state index < -0.39 is 42.7 Å². The SMILES string of the molecule is CC(C)N(CC(O)C(=O)O)C(=O)NC(CC(=O)O)c1cccc2ccccc12. The van der Waals surface area contributed by atoms with Crippen LogP contribution in [-0.2, 0) is 9.59 Å². The molecule has 0 aliphatic carbocycles. The lowest BCUT2D eigenvalue weighted by Gasteiger charge is -2.30. The molecule has 28 heavy (non-hydrogen) atoms. The topological polar surface area (TPSA) is 127 Å². The molecular weight excluding hydrogens is 364 g/mol. The number of hydrogen-bond donors (Lipinski definition) is 4. The standard InChI is InChI=1S/C20H24N2O6/c1-12(2)22(11-17(23)19(26)27)20(28)21-16(10-18(24)25)15-9-5-7-13-6-3-4-8-14(13)15/h3-9,12,16-17,23H,10-11H2,1-2H3,(H,21,28)(H,24,25)(H,26,27). The summed E-state index contributed by atoms with van der Waals surface area (Å²) in [4.78, 5) is 36.2. The fourth-order valence-corrected chi connectivity index (χ4v) is 2.99. The summed E-state index contributed by atoms with van der Waals surface area (Å²) in [6.07, 6.45) is -2.07. The van der Waals surface area contributed by atoms with Crippen molar-refractivity contribution in [2.45, 2.75) is 38.5 Å². The van der Waals surface area contributed by atoms with Gasteiger partial charge < -0.3 is 25.5 Å². The maximum Gasteiger partial charge on any atom is 0.334 e. The molecule has 2 unspecified atom stereocenters. The number of nitrogens with zero attached hydrogens (tertiary/aromatic N) is 1. The predicted octanol–water partition coefficient (Wildman–Crippen LogP) is 2.22. The molecular formula is C20H24N2O6. The highest BCUT2D eigenvalue weighted by atomic mass is 16.4. The second-order valence-corrected chi connectivity index (χ2v) is 6.77. The second kappa shape index (κ2) is 9.18. The van der Waals surface area contributed by atoms with Crippen LogP contribution in [0.4, 0.5) is 4.79 Å². The smallest absolute Gasteiger partial charge is 0.334 e. The zero-order valence-corrected chi connectivity index (χ0v) is 15.7. The molecule has 0 saturated heterocycles. The average Bonchev–Trinajstić information content (AvgIpc) is 2.64. The summed E-state index contributed by atoms with van der Waals surface area (Å²) in [6, 6.07) is 11.0. The number of aliphatic hydroxyl groups is 1. The van der Waals surface area contributed by atoms with Gasteiger partial charge >= 0.3 is 18.0 Å². The summed E-state index contributed by atoms with van der Waals surface area (Å²) in [6.45, 7) is 2.95. The molecule has 150 valence electrons. The predicted molar refractivity (Wildman–Crippen MR) is 103 cm³/mol. The van der Waals surface area contributed by atoms with Crippen LogP contribution in [-0.4, -0.2) is 56.9 Å². The maximum atomic E-state index is 12.8. The zero-order chi connectivity index (χ0) is 20.8. The van der Waals surface area contributed by atoms with Crippen LogP contribution in [0.2, 0.25) is 0 Å². The summed E-state index contributed by atoms with van der Waals surface area (Å²) in [5, 5.41) is 32.2. The van der Waals surface area contributed by atoms with E-state index in [1.165, 1.54) is 4.90 Å². The number of aliphatic hydroxyl groups excluding tert-OH is 1. The molecule has 0 bridgehead atoms. The van der Waals surface area contributed by atoms with E-state index in [9.17, 15) is 24.6 Å². The number of nitrogens with one attached hydrogen (secondary N) is 1. The number of carbonyl (C=O) groups is 3. The third-order valence-corrected chi connectivity index (χ3v) is 4.41. The lowest BCUT2D eigenvalue weighted by Crippen LogP contribution is -2.49. The van der Waals surface area contributed by atoms with Crippen molar-refractivity contribution in [3.63, 3.8) is 0 Å². The van der Waals surface area contributed by atoms with Gasteiger partial charge in [-0.3, -0.25) is 4.79 Å². The van der Waals surface area contributed by atoms with Gasteiger partial charge in [0.1, 0.15) is 0 Å². The Kier molecular flexibility index (Phi) is 6.94. The van der Waals surface area contributed by atoms with Gasteiger partial charge in [0.15, 0.2) is 6.10 Å². The van der Waals surface area contributed by atoms with Crippen molar-refractivity contribution in [2.75, 3.05) is 6.54 Å². The molecule has 0 radical (unpaired) electrons. The number of benzene rings is 2. The van der Waals surface area contributed by atoms with Crippen molar-refractivity contribution in [3.05, 3.63) is 48.0 Å². The molecule has 2 aromatic carbocycles. The fourth-order valence-electron chi connectivity index (χ4n) is 2.99. The van der Waals surface area contributed by atoms with Crippen LogP contribution >= 0.6 is 0 Å². The van der Waals surface area contributed by atoms with Crippen molar-refractivity contribution in [2.24, 2.45) is 0 Å². The van der Waals surface area contributed by atoms with E-state index in [0.717, 1.165) is 10.8 Å². The highest BCUT2D eigenvalue weighted by molar-refractivity contribution is 5.87. The molecule has 0 heterocycles. The first-order valence-electron chi connectivity index (χ1n) is 8.88. The van der Waals surface area contributed by atoms with Crippen molar-refractivity contribution in [3.8, 4) is 0 Å². The van der Waals surface area contributed by atoms with Gasteiger partial charge in [0, 0.05) is 6.04 Å². The van der Waals surface area contributed by atoms with Gasteiger partial charge in [-0.25, -0.2) is 9.59 Å². The molecule has 0 saturated carbocycles. The molecule has 2 atom stereocenters. The van der Waals surface area contributed by atoms with E-state index in [1.807, 2.05) is 30.3 Å². The highest BCUT2D eigenvalue weighted by Gasteiger charge is 2.27. The Morgan fingerprint density at radius 1 is 1.04 bits per heavy atom. The molecule has 0 spiro atoms. The van der Waals surface area contributed by atoms with Crippen LogP contribution in [0.5, 0.6) is 0 Å². The number of amides is 2. The molecule has 0 fully saturated rings. The number of carboxylic acids is 2. The summed E-state index contributed by atoms with van der Waals surface area (Å²) < 4.78 is 0. The third kappa shape index (κ3) is 5.20. The van der Waals surface area contributed by atoms with E-state index in [-0.39, 0.29) is 6.42 Å². The average molecular weight is 388 g/mol. The lowest BCUT2D eigenvalue weighted by molar-refractivity contribution is -0.147. The van der Waals surface area contributed by atoms with Gasteiger partial charge in [0.2, 0.25) is 0 Å². The first-order chi connectivity index (χ1) is 13.2. The summed E-state index contributed by atoms with van der Waals surface area (Å²) >= 11 is 0. The minimum absolute atomic E-state index is 0.340. The van der Waals surface area contributed by atoms with Crippen LogP contribution in [0.25, 0.3) is 10.8 Å². The Morgan fingerprint density at radius 3 is 2.29 bits per heavy atom. The highest BCUT2D eigenvalue weighted by Crippen LogP contribution is 2.26. The molecule has 2 amide bonds. The number of fused-ring (bicyclic) bond motifs is 1. The molecule has 0 aliphatic heterocycles. The first-order valence-corrected chi connectivity index (χ1v) is 8.88. The van der Waals surface area contributed by atoms with Crippen LogP contribution in [0.1, 0.15) is 31.9 Å². The maximum absolute atomic E-state index is 12.8. The van der Waals surface area contributed by atoms with Crippen molar-refractivity contribution >= 4 is 28.7 Å². The number of carbonyl (C=O) groups excluding carboxylic acids is 1. The quantitative estimate of drug-likeness (QED) is 0.549. The lowest BCUT2D eigenvalue weighted by atomic mass is 9.97. The van der Waals surface area contributed by atoms with Gasteiger partial charge in [-0.05, 0) is 30.2 Å². The van der Waals surface area contributed by atoms with Crippen LogP contribution in [0.3, 0.4) is 0 Å². The molecule has 4 N–H and O–H groups in total. The molecule has 0 aromatic heterocycles. The van der Waals surface area contributed by atoms with Gasteiger partial charge in [-0.1, -0.05) is 42.5 Å². The number of hydrogen-bond acceptors (Lipinski definition) is 4. The second-order valence-electron chi connectivity index (χ2n) is 6.77. The van der Waals surface area contributed by atoms with Crippen LogP contribution < -0.4 is 5.32 Å². The molecule has 2 rings (SSSR count). The Morgan fingerprint density at radius 2 is 1.68 bits per heavy atom. The minimum atomic E-state index is -1.73. The number of carboxylic acid groups (broad SMARTS) is 2. The molecule has 2 aromatic rings.